The molecule has 1 heterocycles. The van der Waals surface area contributed by atoms with Crippen LogP contribution in [0.4, 0.5) is 13.2 Å². The van der Waals surface area contributed by atoms with Gasteiger partial charge in [0.05, 0.1) is 4.99 Å². The molecule has 7 heteroatoms. The van der Waals surface area contributed by atoms with Gasteiger partial charge in [0.2, 0.25) is 5.91 Å². The molecule has 0 aliphatic carbocycles. The van der Waals surface area contributed by atoms with Crippen molar-refractivity contribution in [1.82, 2.24) is 4.90 Å². The molecule has 3 nitrogen and oxygen atoms in total. The number of hydrogen-bond acceptors (Lipinski definition) is 2. The van der Waals surface area contributed by atoms with Gasteiger partial charge in [-0.3, -0.25) is 4.79 Å². The molecule has 0 aromatic carbocycles. The fraction of sp³-hybridized carbons (Fsp3) is 0.818. The van der Waals surface area contributed by atoms with Crippen LogP contribution < -0.4 is 5.73 Å². The first-order valence-corrected chi connectivity index (χ1v) is 6.26. The van der Waals surface area contributed by atoms with E-state index in [0.717, 1.165) is 6.42 Å². The van der Waals surface area contributed by atoms with Crippen LogP contribution in [-0.2, 0) is 4.79 Å². The average Bonchev–Trinajstić information content (AvgIpc) is 2.37. The quantitative estimate of drug-likeness (QED) is 0.806. The molecule has 104 valence electrons. The second-order valence-corrected chi connectivity index (χ2v) is 5.24. The minimum Gasteiger partial charge on any atom is -0.393 e. The Kier molecular flexibility index (Phi) is 4.95. The summed E-state index contributed by atoms with van der Waals surface area (Å²) in [5, 5.41) is 0. The van der Waals surface area contributed by atoms with Gasteiger partial charge in [-0.05, 0) is 18.8 Å². The highest BCUT2D eigenvalue weighted by Gasteiger charge is 2.43. The van der Waals surface area contributed by atoms with Crippen LogP contribution in [0.3, 0.4) is 0 Å². The van der Waals surface area contributed by atoms with Crippen molar-refractivity contribution in [3.8, 4) is 0 Å². The van der Waals surface area contributed by atoms with Gasteiger partial charge < -0.3 is 10.6 Å². The number of rotatable bonds is 3. The highest BCUT2D eigenvalue weighted by atomic mass is 32.1. The first-order valence-electron chi connectivity index (χ1n) is 5.85. The number of halogens is 3. The van der Waals surface area contributed by atoms with E-state index in [-0.39, 0.29) is 5.91 Å². The Morgan fingerprint density at radius 1 is 1.56 bits per heavy atom. The van der Waals surface area contributed by atoms with E-state index in [1.54, 1.807) is 0 Å². The number of nitrogens with zero attached hydrogens (tertiary/aromatic N) is 1. The predicted octanol–water partition coefficient (Wildman–Crippen LogP) is 2.10. The SMILES string of the molecule is CC1CCC(=O)N(CC(C(N)=S)C(F)(F)F)CC1. The summed E-state index contributed by atoms with van der Waals surface area (Å²) in [4.78, 5) is 12.4. The van der Waals surface area contributed by atoms with E-state index >= 15 is 0 Å². The average molecular weight is 282 g/mol. The minimum absolute atomic E-state index is 0.246. The van der Waals surface area contributed by atoms with Crippen LogP contribution in [0.1, 0.15) is 26.2 Å². The number of nitrogens with two attached hydrogens (primary N) is 1. The molecule has 0 spiro atoms. The molecule has 1 aliphatic heterocycles. The van der Waals surface area contributed by atoms with E-state index in [9.17, 15) is 18.0 Å². The van der Waals surface area contributed by atoms with Gasteiger partial charge in [0.25, 0.3) is 0 Å². The molecule has 0 bridgehead atoms. The maximum atomic E-state index is 12.7. The lowest BCUT2D eigenvalue weighted by Crippen LogP contribution is -2.45. The first kappa shape index (κ1) is 15.2. The van der Waals surface area contributed by atoms with E-state index in [1.807, 2.05) is 6.92 Å². The molecule has 2 unspecified atom stereocenters. The summed E-state index contributed by atoms with van der Waals surface area (Å²) < 4.78 is 38.2. The summed E-state index contributed by atoms with van der Waals surface area (Å²) in [5.74, 6) is -1.80. The standard InChI is InChI=1S/C11H17F3N2OS/c1-7-2-3-9(17)16(5-4-7)6-8(10(15)18)11(12,13)14/h7-8H,2-6H2,1H3,(H2,15,18). The fourth-order valence-electron chi connectivity index (χ4n) is 1.94. The molecule has 0 aromatic rings. The molecule has 2 N–H and O–H groups in total. The van der Waals surface area contributed by atoms with Crippen molar-refractivity contribution in [3.63, 3.8) is 0 Å². The van der Waals surface area contributed by atoms with Crippen molar-refractivity contribution < 1.29 is 18.0 Å². The normalized spacial score (nSPS) is 23.7. The van der Waals surface area contributed by atoms with Crippen molar-refractivity contribution in [3.05, 3.63) is 0 Å². The third-order valence-corrected chi connectivity index (χ3v) is 3.52. The zero-order valence-electron chi connectivity index (χ0n) is 10.2. The summed E-state index contributed by atoms with van der Waals surface area (Å²) in [7, 11) is 0. The monoisotopic (exact) mass is 282 g/mol. The lowest BCUT2D eigenvalue weighted by molar-refractivity contribution is -0.162. The number of thiocarbonyl (C=S) groups is 1. The molecule has 0 saturated carbocycles. The zero-order chi connectivity index (χ0) is 13.9. The third kappa shape index (κ3) is 4.12. The van der Waals surface area contributed by atoms with E-state index in [4.69, 9.17) is 5.73 Å². The van der Waals surface area contributed by atoms with Gasteiger partial charge in [-0.2, -0.15) is 13.2 Å². The summed E-state index contributed by atoms with van der Waals surface area (Å²) >= 11 is 4.45. The largest absolute Gasteiger partial charge is 0.399 e. The Balaban J connectivity index is 2.74. The van der Waals surface area contributed by atoms with Gasteiger partial charge in [-0.25, -0.2) is 0 Å². The zero-order valence-corrected chi connectivity index (χ0v) is 11.0. The topological polar surface area (TPSA) is 46.3 Å². The summed E-state index contributed by atoms with van der Waals surface area (Å²) in [6, 6.07) is 0. The first-order chi connectivity index (χ1) is 8.21. The lowest BCUT2D eigenvalue weighted by Gasteiger charge is -2.27. The summed E-state index contributed by atoms with van der Waals surface area (Å²) in [6.45, 7) is 1.88. The molecule has 2 atom stereocenters. The van der Waals surface area contributed by atoms with Crippen LogP contribution in [-0.4, -0.2) is 35.1 Å². The highest BCUT2D eigenvalue weighted by molar-refractivity contribution is 7.80. The number of carbonyl (C=O) groups is 1. The van der Waals surface area contributed by atoms with Gasteiger partial charge in [0, 0.05) is 19.5 Å². The number of amides is 1. The third-order valence-electron chi connectivity index (χ3n) is 3.24. The Bertz CT molecular complexity index is 333. The molecule has 0 aromatic heterocycles. The number of carbonyl (C=O) groups excluding carboxylic acids is 1. The fourth-order valence-corrected chi connectivity index (χ4v) is 2.15. The Labute approximate surface area is 109 Å². The van der Waals surface area contributed by atoms with Crippen LogP contribution >= 0.6 is 12.2 Å². The molecular formula is C11H17F3N2OS. The van der Waals surface area contributed by atoms with Crippen LogP contribution in [0.5, 0.6) is 0 Å². The maximum Gasteiger partial charge on any atom is 0.399 e. The number of likely N-dealkylation sites (tertiary alicyclic amines) is 1. The molecular weight excluding hydrogens is 265 g/mol. The van der Waals surface area contributed by atoms with E-state index in [1.165, 1.54) is 4.90 Å². The van der Waals surface area contributed by atoms with Crippen LogP contribution in [0.2, 0.25) is 0 Å². The van der Waals surface area contributed by atoms with Gasteiger partial charge >= 0.3 is 6.18 Å². The number of hydrogen-bond donors (Lipinski definition) is 1. The van der Waals surface area contributed by atoms with Gasteiger partial charge in [0.1, 0.15) is 5.92 Å². The smallest absolute Gasteiger partial charge is 0.393 e. The molecule has 1 fully saturated rings. The minimum atomic E-state index is -4.50. The highest BCUT2D eigenvalue weighted by Crippen LogP contribution is 2.28. The molecule has 1 rings (SSSR count). The van der Waals surface area contributed by atoms with Crippen molar-refractivity contribution >= 4 is 23.1 Å². The van der Waals surface area contributed by atoms with Crippen LogP contribution in [0, 0.1) is 11.8 Å². The number of alkyl halides is 3. The summed E-state index contributed by atoms with van der Waals surface area (Å²) in [5.41, 5.74) is 5.13. The molecule has 1 saturated heterocycles. The van der Waals surface area contributed by atoms with E-state index in [0.29, 0.717) is 25.3 Å². The molecule has 1 amide bonds. The second-order valence-electron chi connectivity index (χ2n) is 4.77. The predicted molar refractivity (Wildman–Crippen MR) is 65.9 cm³/mol. The summed E-state index contributed by atoms with van der Waals surface area (Å²) in [6.07, 6.45) is -2.76. The molecule has 18 heavy (non-hydrogen) atoms. The maximum absolute atomic E-state index is 12.7. The van der Waals surface area contributed by atoms with Gasteiger partial charge in [0.15, 0.2) is 0 Å². The molecule has 0 radical (unpaired) electrons. The van der Waals surface area contributed by atoms with Gasteiger partial charge in [-0.1, -0.05) is 19.1 Å². The second kappa shape index (κ2) is 5.86. The van der Waals surface area contributed by atoms with Crippen molar-refractivity contribution in [2.24, 2.45) is 17.6 Å². The Morgan fingerprint density at radius 2 is 2.17 bits per heavy atom. The van der Waals surface area contributed by atoms with Crippen LogP contribution in [0.25, 0.3) is 0 Å². The van der Waals surface area contributed by atoms with Crippen molar-refractivity contribution in [2.45, 2.75) is 32.4 Å². The molecule has 1 aliphatic rings. The van der Waals surface area contributed by atoms with Crippen molar-refractivity contribution in [1.29, 1.82) is 0 Å². The van der Waals surface area contributed by atoms with Gasteiger partial charge in [-0.15, -0.1) is 0 Å². The Hall–Kier alpha value is -0.850. The van der Waals surface area contributed by atoms with E-state index < -0.39 is 23.6 Å². The Morgan fingerprint density at radius 3 is 2.67 bits per heavy atom. The van der Waals surface area contributed by atoms with Crippen LogP contribution in [0.15, 0.2) is 0 Å². The van der Waals surface area contributed by atoms with E-state index in [2.05, 4.69) is 12.2 Å². The van der Waals surface area contributed by atoms with Crippen molar-refractivity contribution in [2.75, 3.05) is 13.1 Å². The lowest BCUT2D eigenvalue weighted by atomic mass is 10.0.